The number of fused-ring (bicyclic) bond motifs is 1. The first-order valence-corrected chi connectivity index (χ1v) is 11.1. The van der Waals surface area contributed by atoms with Crippen LogP contribution in [0.3, 0.4) is 0 Å². The van der Waals surface area contributed by atoms with Gasteiger partial charge in [0.1, 0.15) is 5.75 Å². The highest BCUT2D eigenvalue weighted by atomic mass is 32.2. The first-order valence-electron chi connectivity index (χ1n) is 9.63. The van der Waals surface area contributed by atoms with E-state index in [2.05, 4.69) is 22.2 Å². The third kappa shape index (κ3) is 4.22. The van der Waals surface area contributed by atoms with E-state index in [1.807, 2.05) is 30.3 Å². The third-order valence-electron chi connectivity index (χ3n) is 5.13. The molecule has 7 heteroatoms. The molecule has 0 radical (unpaired) electrons. The van der Waals surface area contributed by atoms with E-state index in [9.17, 15) is 13.2 Å². The van der Waals surface area contributed by atoms with Crippen molar-refractivity contribution in [2.24, 2.45) is 0 Å². The molecule has 1 aliphatic rings. The summed E-state index contributed by atoms with van der Waals surface area (Å²) in [6.07, 6.45) is 0.940. The van der Waals surface area contributed by atoms with Crippen molar-refractivity contribution >= 4 is 15.9 Å². The van der Waals surface area contributed by atoms with Gasteiger partial charge >= 0.3 is 0 Å². The molecule has 0 saturated carbocycles. The third-order valence-corrected chi connectivity index (χ3v) is 6.56. The fourth-order valence-corrected chi connectivity index (χ4v) is 4.10. The minimum atomic E-state index is -3.52. The van der Waals surface area contributed by atoms with Gasteiger partial charge < -0.3 is 10.1 Å². The maximum Gasteiger partial charge on any atom is 0.251 e. The fraction of sp³-hybridized carbons (Fsp3) is 0.174. The summed E-state index contributed by atoms with van der Waals surface area (Å²) < 4.78 is 31.3. The van der Waals surface area contributed by atoms with Gasteiger partial charge in [0, 0.05) is 18.5 Å². The Morgan fingerprint density at radius 1 is 0.967 bits per heavy atom. The lowest BCUT2D eigenvalue weighted by atomic mass is 10.0. The van der Waals surface area contributed by atoms with E-state index in [0.717, 1.165) is 35.5 Å². The number of benzene rings is 3. The SMILES string of the molecule is CNS(=O)(=O)c1ccc(C(=O)NCc2ccc(-c3ccc4c(c3)CCO4)cc2)cc1. The average Bonchev–Trinajstić information content (AvgIpc) is 3.26. The molecule has 0 spiro atoms. The van der Waals surface area contributed by atoms with Crippen LogP contribution in [0.1, 0.15) is 21.5 Å². The average molecular weight is 423 g/mol. The van der Waals surface area contributed by atoms with E-state index >= 15 is 0 Å². The van der Waals surface area contributed by atoms with E-state index in [-0.39, 0.29) is 10.8 Å². The molecule has 0 bridgehead atoms. The molecule has 30 heavy (non-hydrogen) atoms. The number of hydrogen-bond acceptors (Lipinski definition) is 4. The minimum Gasteiger partial charge on any atom is -0.493 e. The van der Waals surface area contributed by atoms with Crippen LogP contribution in [0, 0.1) is 0 Å². The van der Waals surface area contributed by atoms with Crippen molar-refractivity contribution in [1.82, 2.24) is 10.0 Å². The van der Waals surface area contributed by atoms with Crippen molar-refractivity contribution in [3.8, 4) is 16.9 Å². The lowest BCUT2D eigenvalue weighted by Crippen LogP contribution is -2.23. The lowest BCUT2D eigenvalue weighted by Gasteiger charge is -2.08. The zero-order valence-corrected chi connectivity index (χ0v) is 17.3. The second-order valence-electron chi connectivity index (χ2n) is 7.03. The highest BCUT2D eigenvalue weighted by Gasteiger charge is 2.14. The van der Waals surface area contributed by atoms with E-state index in [4.69, 9.17) is 4.74 Å². The number of hydrogen-bond donors (Lipinski definition) is 2. The molecule has 6 nitrogen and oxygen atoms in total. The molecule has 3 aromatic rings. The van der Waals surface area contributed by atoms with Crippen molar-refractivity contribution in [1.29, 1.82) is 0 Å². The fourth-order valence-electron chi connectivity index (χ4n) is 3.37. The van der Waals surface area contributed by atoms with Crippen LogP contribution in [0.5, 0.6) is 5.75 Å². The predicted octanol–water partition coefficient (Wildman–Crippen LogP) is 3.13. The van der Waals surface area contributed by atoms with Gasteiger partial charge in [-0.15, -0.1) is 0 Å². The van der Waals surface area contributed by atoms with Crippen molar-refractivity contribution in [2.75, 3.05) is 13.7 Å². The van der Waals surface area contributed by atoms with Gasteiger partial charge in [-0.3, -0.25) is 4.79 Å². The van der Waals surface area contributed by atoms with E-state index < -0.39 is 10.0 Å². The molecule has 154 valence electrons. The molecule has 1 aliphatic heterocycles. The summed E-state index contributed by atoms with van der Waals surface area (Å²) in [5, 5.41) is 2.86. The van der Waals surface area contributed by atoms with Crippen LogP contribution in [0.25, 0.3) is 11.1 Å². The second kappa shape index (κ2) is 8.30. The molecule has 0 aromatic heterocycles. The summed E-state index contributed by atoms with van der Waals surface area (Å²) in [7, 11) is -2.17. The molecule has 4 rings (SSSR count). The number of carbonyl (C=O) groups is 1. The van der Waals surface area contributed by atoms with Gasteiger partial charge in [-0.25, -0.2) is 13.1 Å². The Balaban J connectivity index is 1.39. The standard InChI is InChI=1S/C23H22N2O4S/c1-24-30(27,28)21-9-6-18(7-10-21)23(26)25-15-16-2-4-17(5-3-16)19-8-11-22-20(14-19)12-13-29-22/h2-11,14,24H,12-13,15H2,1H3,(H,25,26). The van der Waals surface area contributed by atoms with Crippen LogP contribution in [0.15, 0.2) is 71.6 Å². The number of rotatable bonds is 6. The van der Waals surface area contributed by atoms with Crippen LogP contribution >= 0.6 is 0 Å². The Morgan fingerprint density at radius 2 is 1.67 bits per heavy atom. The van der Waals surface area contributed by atoms with Gasteiger partial charge in [0.15, 0.2) is 0 Å². The zero-order chi connectivity index (χ0) is 21.1. The van der Waals surface area contributed by atoms with E-state index in [1.54, 1.807) is 0 Å². The molecule has 1 heterocycles. The summed E-state index contributed by atoms with van der Waals surface area (Å²) in [5.74, 6) is 0.709. The highest BCUT2D eigenvalue weighted by Crippen LogP contribution is 2.30. The molecular weight excluding hydrogens is 400 g/mol. The lowest BCUT2D eigenvalue weighted by molar-refractivity contribution is 0.0951. The van der Waals surface area contributed by atoms with Crippen LogP contribution < -0.4 is 14.8 Å². The number of sulfonamides is 1. The summed E-state index contributed by atoms with van der Waals surface area (Å²) in [6, 6.07) is 20.1. The molecule has 0 aliphatic carbocycles. The maximum absolute atomic E-state index is 12.4. The van der Waals surface area contributed by atoms with Gasteiger partial charge in [-0.05, 0) is 65.7 Å². The summed E-state index contributed by atoms with van der Waals surface area (Å²) in [6.45, 7) is 1.12. The van der Waals surface area contributed by atoms with Gasteiger partial charge in [-0.1, -0.05) is 30.3 Å². The Hall–Kier alpha value is -3.16. The summed E-state index contributed by atoms with van der Waals surface area (Å²) in [5.41, 5.74) is 4.87. The van der Waals surface area contributed by atoms with Crippen LogP contribution in [-0.4, -0.2) is 28.0 Å². The number of nitrogens with one attached hydrogen (secondary N) is 2. The normalized spacial score (nSPS) is 12.8. The van der Waals surface area contributed by atoms with E-state index in [0.29, 0.717) is 12.1 Å². The first kappa shape index (κ1) is 20.1. The minimum absolute atomic E-state index is 0.121. The molecular formula is C23H22N2O4S. The highest BCUT2D eigenvalue weighted by molar-refractivity contribution is 7.89. The maximum atomic E-state index is 12.4. The molecule has 0 atom stereocenters. The summed E-state index contributed by atoms with van der Waals surface area (Å²) >= 11 is 0. The zero-order valence-electron chi connectivity index (χ0n) is 16.5. The summed E-state index contributed by atoms with van der Waals surface area (Å²) in [4.78, 5) is 12.5. The van der Waals surface area contributed by atoms with Crippen molar-refractivity contribution in [2.45, 2.75) is 17.9 Å². The van der Waals surface area contributed by atoms with Crippen molar-refractivity contribution in [3.63, 3.8) is 0 Å². The molecule has 1 amide bonds. The largest absolute Gasteiger partial charge is 0.493 e. The molecule has 0 saturated heterocycles. The Kier molecular flexibility index (Phi) is 5.57. The number of carbonyl (C=O) groups excluding carboxylic acids is 1. The smallest absolute Gasteiger partial charge is 0.251 e. The van der Waals surface area contributed by atoms with Gasteiger partial charge in [-0.2, -0.15) is 0 Å². The van der Waals surface area contributed by atoms with Crippen molar-refractivity contribution < 1.29 is 17.9 Å². The van der Waals surface area contributed by atoms with Gasteiger partial charge in [0.05, 0.1) is 11.5 Å². The Bertz CT molecular complexity index is 1170. The molecule has 2 N–H and O–H groups in total. The second-order valence-corrected chi connectivity index (χ2v) is 8.92. The number of amides is 1. The topological polar surface area (TPSA) is 84.5 Å². The first-order chi connectivity index (χ1) is 14.5. The predicted molar refractivity (Wildman–Crippen MR) is 115 cm³/mol. The molecule has 0 unspecified atom stereocenters. The number of ether oxygens (including phenoxy) is 1. The van der Waals surface area contributed by atoms with Crippen LogP contribution in [-0.2, 0) is 23.0 Å². The van der Waals surface area contributed by atoms with E-state index in [1.165, 1.54) is 36.9 Å². The van der Waals surface area contributed by atoms with Gasteiger partial charge in [0.2, 0.25) is 10.0 Å². The van der Waals surface area contributed by atoms with Gasteiger partial charge in [0.25, 0.3) is 5.91 Å². The van der Waals surface area contributed by atoms with Crippen molar-refractivity contribution in [3.05, 3.63) is 83.4 Å². The molecule has 3 aromatic carbocycles. The van der Waals surface area contributed by atoms with Crippen LogP contribution in [0.2, 0.25) is 0 Å². The Morgan fingerprint density at radius 3 is 2.37 bits per heavy atom. The van der Waals surface area contributed by atoms with Crippen LogP contribution in [0.4, 0.5) is 0 Å². The monoisotopic (exact) mass is 422 g/mol. The Labute approximate surface area is 176 Å². The molecule has 0 fully saturated rings. The quantitative estimate of drug-likeness (QED) is 0.639.